The number of aliphatic hydroxyl groups is 4. The molecule has 0 saturated carbocycles. The minimum absolute atomic E-state index is 0.213. The number of aliphatic hydroxyl groups excluding tert-OH is 4. The molecule has 0 aromatic carbocycles. The highest BCUT2D eigenvalue weighted by molar-refractivity contribution is 5.70. The monoisotopic (exact) mass is 827 g/mol. The Morgan fingerprint density at radius 3 is 1.34 bits per heavy atom. The zero-order valence-corrected chi connectivity index (χ0v) is 37.3. The topological polar surface area (TPSA) is 152 Å². The molecular formula is C48H90O10. The number of esters is 2. The molecule has 1 saturated heterocycles. The van der Waals surface area contributed by atoms with Gasteiger partial charge < -0.3 is 39.4 Å². The Hall–Kier alpha value is -1.56. The van der Waals surface area contributed by atoms with Gasteiger partial charge in [-0.1, -0.05) is 187 Å². The van der Waals surface area contributed by atoms with Gasteiger partial charge >= 0.3 is 11.9 Å². The second-order valence-electron chi connectivity index (χ2n) is 16.9. The van der Waals surface area contributed by atoms with Crippen molar-refractivity contribution < 1.29 is 49.0 Å². The summed E-state index contributed by atoms with van der Waals surface area (Å²) >= 11 is 0. The second kappa shape index (κ2) is 39.6. The summed E-state index contributed by atoms with van der Waals surface area (Å²) in [6.45, 7) is 3.45. The minimum Gasteiger partial charge on any atom is -0.462 e. The first-order valence-electron chi connectivity index (χ1n) is 24.3. The summed E-state index contributed by atoms with van der Waals surface area (Å²) in [5, 5.41) is 40.1. The molecule has 1 rings (SSSR count). The maximum Gasteiger partial charge on any atom is 0.306 e. The van der Waals surface area contributed by atoms with Gasteiger partial charge in [0.1, 0.15) is 31.0 Å². The van der Waals surface area contributed by atoms with E-state index in [1.165, 1.54) is 148 Å². The van der Waals surface area contributed by atoms with E-state index >= 15 is 0 Å². The predicted molar refractivity (Wildman–Crippen MR) is 233 cm³/mol. The fourth-order valence-electron chi connectivity index (χ4n) is 7.54. The first-order valence-corrected chi connectivity index (χ1v) is 24.3. The van der Waals surface area contributed by atoms with Gasteiger partial charge in [0.2, 0.25) is 0 Å². The first-order chi connectivity index (χ1) is 28.3. The molecule has 0 bridgehead atoms. The number of carbonyl (C=O) groups is 2. The standard InChI is InChI=1S/C48H90O10/c1-3-5-7-9-11-13-15-17-19-21-23-25-27-29-31-33-35-37-44(51)57-41(40-56-48-47(54)46(53)45(52)42(38-49)58-48)39-55-43(50)36-34-32-30-28-26-24-22-20-18-16-14-12-10-8-6-4-2/h17,19,41-42,45-49,52-54H,3-16,18,20-40H2,1-2H3/b19-17-. The summed E-state index contributed by atoms with van der Waals surface area (Å²) in [7, 11) is 0. The summed E-state index contributed by atoms with van der Waals surface area (Å²) in [5.41, 5.74) is 0. The molecule has 0 spiro atoms. The zero-order chi connectivity index (χ0) is 42.3. The number of hydrogen-bond donors (Lipinski definition) is 4. The first kappa shape index (κ1) is 54.5. The fraction of sp³-hybridized carbons (Fsp3) is 0.917. The van der Waals surface area contributed by atoms with Gasteiger partial charge in [0.15, 0.2) is 12.4 Å². The molecule has 4 N–H and O–H groups in total. The summed E-state index contributed by atoms with van der Waals surface area (Å²) in [5.74, 6) is -0.799. The molecule has 0 aromatic rings. The van der Waals surface area contributed by atoms with E-state index in [9.17, 15) is 30.0 Å². The lowest BCUT2D eigenvalue weighted by atomic mass is 9.99. The van der Waals surface area contributed by atoms with Crippen molar-refractivity contribution in [2.24, 2.45) is 0 Å². The molecule has 1 fully saturated rings. The van der Waals surface area contributed by atoms with Gasteiger partial charge in [-0.15, -0.1) is 0 Å². The number of allylic oxidation sites excluding steroid dienone is 2. The Balaban J connectivity index is 2.29. The molecule has 1 aliphatic heterocycles. The summed E-state index contributed by atoms with van der Waals surface area (Å²) < 4.78 is 22.2. The third-order valence-electron chi connectivity index (χ3n) is 11.4. The summed E-state index contributed by atoms with van der Waals surface area (Å²) in [6.07, 6.45) is 35.0. The second-order valence-corrected chi connectivity index (χ2v) is 16.9. The minimum atomic E-state index is -1.59. The molecule has 0 aromatic heterocycles. The lowest BCUT2D eigenvalue weighted by Gasteiger charge is -2.39. The van der Waals surface area contributed by atoms with Gasteiger partial charge in [-0.25, -0.2) is 0 Å². The average molecular weight is 827 g/mol. The van der Waals surface area contributed by atoms with Crippen molar-refractivity contribution in [2.45, 2.75) is 263 Å². The van der Waals surface area contributed by atoms with Crippen LogP contribution in [-0.4, -0.2) is 89.0 Å². The van der Waals surface area contributed by atoms with Crippen molar-refractivity contribution in [2.75, 3.05) is 19.8 Å². The Morgan fingerprint density at radius 1 is 0.517 bits per heavy atom. The van der Waals surface area contributed by atoms with Crippen molar-refractivity contribution in [1.82, 2.24) is 0 Å². The Bertz CT molecular complexity index is 959. The predicted octanol–water partition coefficient (Wildman–Crippen LogP) is 10.7. The number of hydrogen-bond acceptors (Lipinski definition) is 10. The van der Waals surface area contributed by atoms with E-state index in [2.05, 4.69) is 26.0 Å². The molecule has 0 amide bonds. The number of unbranched alkanes of at least 4 members (excludes halogenated alkanes) is 28. The molecular weight excluding hydrogens is 737 g/mol. The number of carbonyl (C=O) groups excluding carboxylic acids is 2. The van der Waals surface area contributed by atoms with E-state index in [1.807, 2.05) is 0 Å². The van der Waals surface area contributed by atoms with Gasteiger partial charge in [-0.3, -0.25) is 9.59 Å². The van der Waals surface area contributed by atoms with E-state index in [0.717, 1.165) is 44.9 Å². The largest absolute Gasteiger partial charge is 0.462 e. The van der Waals surface area contributed by atoms with Crippen LogP contribution in [0.25, 0.3) is 0 Å². The van der Waals surface area contributed by atoms with Crippen LogP contribution in [0.4, 0.5) is 0 Å². The quantitative estimate of drug-likeness (QED) is 0.0266. The number of rotatable bonds is 41. The molecule has 1 aliphatic rings. The van der Waals surface area contributed by atoms with E-state index < -0.39 is 49.4 Å². The molecule has 58 heavy (non-hydrogen) atoms. The van der Waals surface area contributed by atoms with Crippen molar-refractivity contribution in [3.63, 3.8) is 0 Å². The Labute approximate surface area is 354 Å². The molecule has 6 atom stereocenters. The number of ether oxygens (including phenoxy) is 4. The van der Waals surface area contributed by atoms with E-state index in [-0.39, 0.29) is 32.0 Å². The Kier molecular flexibility index (Phi) is 37.2. The average Bonchev–Trinajstić information content (AvgIpc) is 3.22. The molecule has 0 aliphatic carbocycles. The van der Waals surface area contributed by atoms with Gasteiger partial charge in [0.05, 0.1) is 13.2 Å². The van der Waals surface area contributed by atoms with Crippen molar-refractivity contribution in [3.05, 3.63) is 12.2 Å². The van der Waals surface area contributed by atoms with Crippen LogP contribution in [0.5, 0.6) is 0 Å². The van der Waals surface area contributed by atoms with Gasteiger partial charge in [-0.2, -0.15) is 0 Å². The van der Waals surface area contributed by atoms with Crippen molar-refractivity contribution >= 4 is 11.9 Å². The van der Waals surface area contributed by atoms with Crippen molar-refractivity contribution in [3.8, 4) is 0 Å². The maximum atomic E-state index is 12.8. The van der Waals surface area contributed by atoms with Gasteiger partial charge in [-0.05, 0) is 38.5 Å². The van der Waals surface area contributed by atoms with Crippen LogP contribution in [0.1, 0.15) is 226 Å². The third-order valence-corrected chi connectivity index (χ3v) is 11.4. The van der Waals surface area contributed by atoms with E-state index in [1.54, 1.807) is 0 Å². The maximum absolute atomic E-state index is 12.8. The third kappa shape index (κ3) is 30.5. The summed E-state index contributed by atoms with van der Waals surface area (Å²) in [4.78, 5) is 25.4. The fourth-order valence-corrected chi connectivity index (χ4v) is 7.54. The van der Waals surface area contributed by atoms with Crippen LogP contribution >= 0.6 is 0 Å². The highest BCUT2D eigenvalue weighted by atomic mass is 16.7. The van der Waals surface area contributed by atoms with Gasteiger partial charge in [0, 0.05) is 12.8 Å². The van der Waals surface area contributed by atoms with Gasteiger partial charge in [0.25, 0.3) is 0 Å². The highest BCUT2D eigenvalue weighted by Gasteiger charge is 2.44. The summed E-state index contributed by atoms with van der Waals surface area (Å²) in [6, 6.07) is 0. The van der Waals surface area contributed by atoms with Crippen LogP contribution in [-0.2, 0) is 28.5 Å². The molecule has 0 radical (unpaired) electrons. The van der Waals surface area contributed by atoms with E-state index in [0.29, 0.717) is 6.42 Å². The smallest absolute Gasteiger partial charge is 0.306 e. The Morgan fingerprint density at radius 2 is 0.914 bits per heavy atom. The highest BCUT2D eigenvalue weighted by Crippen LogP contribution is 2.23. The van der Waals surface area contributed by atoms with Crippen LogP contribution in [0.15, 0.2) is 12.2 Å². The molecule has 10 nitrogen and oxygen atoms in total. The van der Waals surface area contributed by atoms with Crippen molar-refractivity contribution in [1.29, 1.82) is 0 Å². The van der Waals surface area contributed by atoms with Crippen LogP contribution in [0, 0.1) is 0 Å². The zero-order valence-electron chi connectivity index (χ0n) is 37.3. The molecule has 6 unspecified atom stereocenters. The molecule has 1 heterocycles. The molecule has 10 heteroatoms. The van der Waals surface area contributed by atoms with Crippen LogP contribution in [0.2, 0.25) is 0 Å². The normalized spacial score (nSPS) is 20.1. The van der Waals surface area contributed by atoms with Crippen LogP contribution < -0.4 is 0 Å². The SMILES string of the molecule is CCCCCCCC/C=C\CCCCCCCCCC(=O)OC(COC(=O)CCCCCCCCCCCCCCCCCC)COC1OC(CO)C(O)C(O)C1O. The lowest BCUT2D eigenvalue weighted by Crippen LogP contribution is -2.59. The molecule has 342 valence electrons. The van der Waals surface area contributed by atoms with Crippen LogP contribution in [0.3, 0.4) is 0 Å². The van der Waals surface area contributed by atoms with E-state index in [4.69, 9.17) is 18.9 Å². The lowest BCUT2D eigenvalue weighted by molar-refractivity contribution is -0.305.